The molecule has 2 nitrogen and oxygen atoms in total. The van der Waals surface area contributed by atoms with E-state index in [1.807, 2.05) is 6.07 Å². The number of nitrogens with one attached hydrogen (secondary N) is 1. The second-order valence-electron chi connectivity index (χ2n) is 5.47. The summed E-state index contributed by atoms with van der Waals surface area (Å²) in [5, 5.41) is 3.57. The Morgan fingerprint density at radius 3 is 2.57 bits per heavy atom. The first-order valence-electron chi connectivity index (χ1n) is 7.64. The zero-order valence-corrected chi connectivity index (χ0v) is 13.4. The van der Waals surface area contributed by atoms with Crippen LogP contribution < -0.4 is 10.1 Å². The largest absolute Gasteiger partial charge is 0.496 e. The molecular weight excluding hydrogens is 258 g/mol. The lowest BCUT2D eigenvalue weighted by Gasteiger charge is -2.19. The summed E-state index contributed by atoms with van der Waals surface area (Å²) >= 11 is 0. The maximum atomic E-state index is 5.55. The molecule has 21 heavy (non-hydrogen) atoms. The third kappa shape index (κ3) is 3.64. The molecule has 0 fully saturated rings. The van der Waals surface area contributed by atoms with Gasteiger partial charge >= 0.3 is 0 Å². The molecule has 0 saturated carbocycles. The van der Waals surface area contributed by atoms with Crippen molar-refractivity contribution in [3.63, 3.8) is 0 Å². The van der Waals surface area contributed by atoms with Crippen LogP contribution in [-0.2, 0) is 0 Å². The highest BCUT2D eigenvalue weighted by molar-refractivity contribution is 5.74. The standard InChI is InChI=1S/C19H25NO/c1-5-12-20-15(3)16-8-6-7-9-17(16)18-13-14(2)10-11-19(18)21-4/h6-11,13,15,20H,5,12H2,1-4H3. The molecule has 0 aliphatic heterocycles. The van der Waals surface area contributed by atoms with Crippen molar-refractivity contribution in [1.82, 2.24) is 5.32 Å². The van der Waals surface area contributed by atoms with Gasteiger partial charge in [-0.1, -0.05) is 42.8 Å². The number of benzene rings is 2. The predicted octanol–water partition coefficient (Wildman–Crippen LogP) is 4.73. The van der Waals surface area contributed by atoms with Gasteiger partial charge in [-0.25, -0.2) is 0 Å². The number of aryl methyl sites for hydroxylation is 1. The van der Waals surface area contributed by atoms with Crippen molar-refractivity contribution >= 4 is 0 Å². The zero-order chi connectivity index (χ0) is 15.2. The summed E-state index contributed by atoms with van der Waals surface area (Å²) in [5.74, 6) is 0.927. The van der Waals surface area contributed by atoms with Crippen LogP contribution in [0.5, 0.6) is 5.75 Å². The Morgan fingerprint density at radius 1 is 1.10 bits per heavy atom. The van der Waals surface area contributed by atoms with Crippen LogP contribution in [0.2, 0.25) is 0 Å². The molecule has 0 aliphatic rings. The molecule has 0 heterocycles. The van der Waals surface area contributed by atoms with Gasteiger partial charge in [-0.05, 0) is 50.1 Å². The van der Waals surface area contributed by atoms with Gasteiger partial charge in [0.2, 0.25) is 0 Å². The topological polar surface area (TPSA) is 21.3 Å². The summed E-state index contributed by atoms with van der Waals surface area (Å²) < 4.78 is 5.55. The van der Waals surface area contributed by atoms with Gasteiger partial charge in [0.15, 0.2) is 0 Å². The molecular formula is C19H25NO. The molecule has 112 valence electrons. The van der Waals surface area contributed by atoms with Gasteiger partial charge in [0.05, 0.1) is 7.11 Å². The lowest BCUT2D eigenvalue weighted by atomic mass is 9.94. The van der Waals surface area contributed by atoms with E-state index in [9.17, 15) is 0 Å². The van der Waals surface area contributed by atoms with Gasteiger partial charge in [-0.2, -0.15) is 0 Å². The van der Waals surface area contributed by atoms with Crippen LogP contribution in [0.3, 0.4) is 0 Å². The van der Waals surface area contributed by atoms with Crippen LogP contribution in [0.4, 0.5) is 0 Å². The molecule has 0 aliphatic carbocycles. The van der Waals surface area contributed by atoms with Gasteiger partial charge in [0, 0.05) is 11.6 Å². The van der Waals surface area contributed by atoms with Crippen LogP contribution in [0.15, 0.2) is 42.5 Å². The Morgan fingerprint density at radius 2 is 1.86 bits per heavy atom. The highest BCUT2D eigenvalue weighted by Gasteiger charge is 2.14. The molecule has 2 aromatic carbocycles. The third-order valence-electron chi connectivity index (χ3n) is 3.77. The predicted molar refractivity (Wildman–Crippen MR) is 89.9 cm³/mol. The van der Waals surface area contributed by atoms with Crippen LogP contribution in [0.1, 0.15) is 37.4 Å². The number of rotatable bonds is 6. The van der Waals surface area contributed by atoms with Crippen molar-refractivity contribution in [3.8, 4) is 16.9 Å². The molecule has 0 amide bonds. The highest BCUT2D eigenvalue weighted by atomic mass is 16.5. The number of hydrogen-bond acceptors (Lipinski definition) is 2. The minimum Gasteiger partial charge on any atom is -0.496 e. The summed E-state index contributed by atoms with van der Waals surface area (Å²) in [7, 11) is 1.73. The summed E-state index contributed by atoms with van der Waals surface area (Å²) in [5.41, 5.74) is 4.97. The first kappa shape index (κ1) is 15.6. The molecule has 2 heteroatoms. The quantitative estimate of drug-likeness (QED) is 0.827. The summed E-state index contributed by atoms with van der Waals surface area (Å²) in [6, 6.07) is 15.2. The van der Waals surface area contributed by atoms with Crippen molar-refractivity contribution in [1.29, 1.82) is 0 Å². The SMILES string of the molecule is CCCNC(C)c1ccccc1-c1cc(C)ccc1OC. The minimum absolute atomic E-state index is 0.325. The third-order valence-corrected chi connectivity index (χ3v) is 3.77. The summed E-state index contributed by atoms with van der Waals surface area (Å²) in [6.07, 6.45) is 1.14. The van der Waals surface area contributed by atoms with Crippen LogP contribution in [0.25, 0.3) is 11.1 Å². The van der Waals surface area contributed by atoms with E-state index in [-0.39, 0.29) is 0 Å². The zero-order valence-electron chi connectivity index (χ0n) is 13.4. The van der Waals surface area contributed by atoms with E-state index in [0.717, 1.165) is 18.7 Å². The molecule has 0 spiro atoms. The van der Waals surface area contributed by atoms with Crippen molar-refractivity contribution in [2.75, 3.05) is 13.7 Å². The van der Waals surface area contributed by atoms with E-state index < -0.39 is 0 Å². The normalized spacial score (nSPS) is 12.2. The Hall–Kier alpha value is -1.80. The van der Waals surface area contributed by atoms with E-state index in [1.165, 1.54) is 22.3 Å². The lowest BCUT2D eigenvalue weighted by molar-refractivity contribution is 0.416. The van der Waals surface area contributed by atoms with E-state index >= 15 is 0 Å². The average Bonchev–Trinajstić information content (AvgIpc) is 2.52. The van der Waals surface area contributed by atoms with E-state index in [0.29, 0.717) is 6.04 Å². The maximum absolute atomic E-state index is 5.55. The molecule has 0 radical (unpaired) electrons. The van der Waals surface area contributed by atoms with Gasteiger partial charge in [-0.15, -0.1) is 0 Å². The Balaban J connectivity index is 2.47. The van der Waals surface area contributed by atoms with Gasteiger partial charge in [0.1, 0.15) is 5.75 Å². The highest BCUT2D eigenvalue weighted by Crippen LogP contribution is 2.35. The van der Waals surface area contributed by atoms with Crippen molar-refractivity contribution in [2.45, 2.75) is 33.2 Å². The smallest absolute Gasteiger partial charge is 0.126 e. The average molecular weight is 283 g/mol. The molecule has 1 N–H and O–H groups in total. The molecule has 1 atom stereocenters. The molecule has 2 rings (SSSR count). The molecule has 1 unspecified atom stereocenters. The minimum atomic E-state index is 0.325. The number of ether oxygens (including phenoxy) is 1. The summed E-state index contributed by atoms with van der Waals surface area (Å²) in [4.78, 5) is 0. The molecule has 0 saturated heterocycles. The van der Waals surface area contributed by atoms with Crippen LogP contribution in [0, 0.1) is 6.92 Å². The Kier molecular flexibility index (Phi) is 5.40. The van der Waals surface area contributed by atoms with Gasteiger partial charge in [0.25, 0.3) is 0 Å². The van der Waals surface area contributed by atoms with Crippen molar-refractivity contribution in [3.05, 3.63) is 53.6 Å². The lowest BCUT2D eigenvalue weighted by Crippen LogP contribution is -2.19. The fourth-order valence-electron chi connectivity index (χ4n) is 2.62. The molecule has 2 aromatic rings. The number of hydrogen-bond donors (Lipinski definition) is 1. The van der Waals surface area contributed by atoms with Crippen molar-refractivity contribution < 1.29 is 4.74 Å². The fraction of sp³-hybridized carbons (Fsp3) is 0.368. The number of methoxy groups -OCH3 is 1. The second-order valence-corrected chi connectivity index (χ2v) is 5.47. The maximum Gasteiger partial charge on any atom is 0.126 e. The van der Waals surface area contributed by atoms with Crippen molar-refractivity contribution in [2.24, 2.45) is 0 Å². The second kappa shape index (κ2) is 7.28. The Bertz CT molecular complexity index is 592. The van der Waals surface area contributed by atoms with Gasteiger partial charge in [-0.3, -0.25) is 0 Å². The summed E-state index contributed by atoms with van der Waals surface area (Å²) in [6.45, 7) is 7.55. The fourth-order valence-corrected chi connectivity index (χ4v) is 2.62. The first-order chi connectivity index (χ1) is 10.2. The van der Waals surface area contributed by atoms with Crippen LogP contribution >= 0.6 is 0 Å². The first-order valence-corrected chi connectivity index (χ1v) is 7.64. The monoisotopic (exact) mass is 283 g/mol. The van der Waals surface area contributed by atoms with Gasteiger partial charge < -0.3 is 10.1 Å². The van der Waals surface area contributed by atoms with E-state index in [2.05, 4.69) is 62.5 Å². The van der Waals surface area contributed by atoms with Crippen LogP contribution in [-0.4, -0.2) is 13.7 Å². The Labute approximate surface area is 128 Å². The van der Waals surface area contributed by atoms with E-state index in [4.69, 9.17) is 4.74 Å². The molecule has 0 bridgehead atoms. The van der Waals surface area contributed by atoms with E-state index in [1.54, 1.807) is 7.11 Å². The molecule has 0 aromatic heterocycles.